The molecule has 0 aromatic heterocycles. The smallest absolute Gasteiger partial charge is 0.284 e. The molecule has 1 aromatic rings. The fourth-order valence-corrected chi connectivity index (χ4v) is 3.33. The van der Waals surface area contributed by atoms with Crippen LogP contribution in [0.1, 0.15) is 36.0 Å². The number of nitro groups is 1. The average Bonchev–Trinajstić information content (AvgIpc) is 2.98. The standard InChI is InChI=1S/C14H17BrN2O4/c15-13-11(6-3-7-12(13)17(20)21)14(19)16(8-9-18)10-4-1-2-5-10/h3,6-7,10,18H,1-2,4-5,8-9H2. The van der Waals surface area contributed by atoms with Crippen LogP contribution in [0.25, 0.3) is 0 Å². The van der Waals surface area contributed by atoms with E-state index in [-0.39, 0.29) is 40.8 Å². The average molecular weight is 357 g/mol. The Bertz CT molecular complexity index is 544. The van der Waals surface area contributed by atoms with Crippen molar-refractivity contribution < 1.29 is 14.8 Å². The first kappa shape index (κ1) is 15.9. The number of nitrogens with zero attached hydrogens (tertiary/aromatic N) is 2. The first-order chi connectivity index (χ1) is 10.1. The maximum atomic E-state index is 12.7. The van der Waals surface area contributed by atoms with Gasteiger partial charge in [-0.15, -0.1) is 0 Å². The maximum Gasteiger partial charge on any atom is 0.284 e. The Morgan fingerprint density at radius 1 is 1.43 bits per heavy atom. The van der Waals surface area contributed by atoms with E-state index in [0.717, 1.165) is 25.7 Å². The third kappa shape index (κ3) is 3.41. The fourth-order valence-electron chi connectivity index (χ4n) is 2.75. The number of hydrogen-bond acceptors (Lipinski definition) is 4. The summed E-state index contributed by atoms with van der Waals surface area (Å²) in [4.78, 5) is 24.8. The normalized spacial score (nSPS) is 15.1. The Kier molecular flexibility index (Phi) is 5.30. The molecule has 21 heavy (non-hydrogen) atoms. The van der Waals surface area contributed by atoms with Crippen molar-refractivity contribution in [2.45, 2.75) is 31.7 Å². The van der Waals surface area contributed by atoms with Crippen molar-refractivity contribution >= 4 is 27.5 Å². The van der Waals surface area contributed by atoms with Gasteiger partial charge < -0.3 is 10.0 Å². The van der Waals surface area contributed by atoms with Crippen LogP contribution in [0, 0.1) is 10.1 Å². The molecule has 0 heterocycles. The monoisotopic (exact) mass is 356 g/mol. The summed E-state index contributed by atoms with van der Waals surface area (Å²) in [6, 6.07) is 4.53. The van der Waals surface area contributed by atoms with Gasteiger partial charge in [-0.1, -0.05) is 18.9 Å². The van der Waals surface area contributed by atoms with Crippen molar-refractivity contribution in [2.24, 2.45) is 0 Å². The highest BCUT2D eigenvalue weighted by atomic mass is 79.9. The van der Waals surface area contributed by atoms with Crippen molar-refractivity contribution in [1.29, 1.82) is 0 Å². The summed E-state index contributed by atoms with van der Waals surface area (Å²) in [6.45, 7) is 0.132. The molecule has 0 atom stereocenters. The van der Waals surface area contributed by atoms with Crippen molar-refractivity contribution in [3.8, 4) is 0 Å². The van der Waals surface area contributed by atoms with Crippen LogP contribution in [0.4, 0.5) is 5.69 Å². The largest absolute Gasteiger partial charge is 0.395 e. The molecule has 2 rings (SSSR count). The van der Waals surface area contributed by atoms with Gasteiger partial charge in [0, 0.05) is 18.7 Å². The van der Waals surface area contributed by atoms with E-state index < -0.39 is 4.92 Å². The number of amides is 1. The SMILES string of the molecule is O=C(c1cccc([N+](=O)[O-])c1Br)N(CCO)C1CCCC1. The van der Waals surface area contributed by atoms with Gasteiger partial charge in [-0.25, -0.2) is 0 Å². The Balaban J connectivity index is 2.32. The molecule has 1 amide bonds. The lowest BCUT2D eigenvalue weighted by molar-refractivity contribution is -0.385. The molecule has 0 spiro atoms. The van der Waals surface area contributed by atoms with Gasteiger partial charge in [0.2, 0.25) is 0 Å². The highest BCUT2D eigenvalue weighted by molar-refractivity contribution is 9.10. The number of aliphatic hydroxyl groups is 1. The molecule has 1 N–H and O–H groups in total. The van der Waals surface area contributed by atoms with E-state index in [2.05, 4.69) is 15.9 Å². The molecule has 6 nitrogen and oxygen atoms in total. The molecule has 0 unspecified atom stereocenters. The predicted octanol–water partition coefficient (Wildman–Crippen LogP) is 2.73. The zero-order valence-corrected chi connectivity index (χ0v) is 13.1. The van der Waals surface area contributed by atoms with E-state index in [0.29, 0.717) is 0 Å². The Hall–Kier alpha value is -1.47. The van der Waals surface area contributed by atoms with E-state index in [1.54, 1.807) is 11.0 Å². The van der Waals surface area contributed by atoms with Crippen molar-refractivity contribution in [3.63, 3.8) is 0 Å². The second-order valence-corrected chi connectivity index (χ2v) is 5.85. The molecule has 7 heteroatoms. The summed E-state index contributed by atoms with van der Waals surface area (Å²) in [5.41, 5.74) is 0.140. The van der Waals surface area contributed by atoms with Crippen LogP contribution in [0.5, 0.6) is 0 Å². The predicted molar refractivity (Wildman–Crippen MR) is 81.2 cm³/mol. The summed E-state index contributed by atoms with van der Waals surface area (Å²) < 4.78 is 0.195. The van der Waals surface area contributed by atoms with E-state index in [1.165, 1.54) is 12.1 Å². The van der Waals surface area contributed by atoms with Crippen molar-refractivity contribution in [3.05, 3.63) is 38.3 Å². The zero-order valence-electron chi connectivity index (χ0n) is 11.5. The molecule has 1 aromatic carbocycles. The first-order valence-corrected chi connectivity index (χ1v) is 7.70. The first-order valence-electron chi connectivity index (χ1n) is 6.91. The summed E-state index contributed by atoms with van der Waals surface area (Å²) in [7, 11) is 0. The highest BCUT2D eigenvalue weighted by Crippen LogP contribution is 2.31. The maximum absolute atomic E-state index is 12.7. The number of aliphatic hydroxyl groups excluding tert-OH is 1. The minimum absolute atomic E-state index is 0.107. The van der Waals surface area contributed by atoms with Crippen LogP contribution in [0.3, 0.4) is 0 Å². The van der Waals surface area contributed by atoms with Gasteiger partial charge >= 0.3 is 0 Å². The summed E-state index contributed by atoms with van der Waals surface area (Å²) in [6.07, 6.45) is 3.96. The molecule has 0 bridgehead atoms. The molecule has 1 fully saturated rings. The van der Waals surface area contributed by atoms with Crippen LogP contribution in [0.15, 0.2) is 22.7 Å². The van der Waals surface area contributed by atoms with Gasteiger partial charge in [-0.05, 0) is 34.8 Å². The molecule has 0 saturated heterocycles. The molecular weight excluding hydrogens is 340 g/mol. The topological polar surface area (TPSA) is 83.7 Å². The number of nitro benzene ring substituents is 1. The van der Waals surface area contributed by atoms with Crippen LogP contribution < -0.4 is 0 Å². The molecule has 1 aliphatic rings. The molecule has 0 radical (unpaired) electrons. The molecular formula is C14H17BrN2O4. The van der Waals surface area contributed by atoms with Crippen LogP contribution >= 0.6 is 15.9 Å². The Labute approximate surface area is 131 Å². The lowest BCUT2D eigenvalue weighted by Gasteiger charge is -2.28. The Morgan fingerprint density at radius 3 is 2.67 bits per heavy atom. The number of benzene rings is 1. The highest BCUT2D eigenvalue weighted by Gasteiger charge is 2.29. The van der Waals surface area contributed by atoms with Gasteiger partial charge in [0.25, 0.3) is 11.6 Å². The van der Waals surface area contributed by atoms with Crippen molar-refractivity contribution in [1.82, 2.24) is 4.90 Å². The van der Waals surface area contributed by atoms with E-state index in [1.807, 2.05) is 0 Å². The minimum Gasteiger partial charge on any atom is -0.395 e. The molecule has 0 aliphatic heterocycles. The number of rotatable bonds is 5. The number of carbonyl (C=O) groups is 1. The number of halogens is 1. The zero-order chi connectivity index (χ0) is 15.4. The lowest BCUT2D eigenvalue weighted by atomic mass is 10.1. The van der Waals surface area contributed by atoms with E-state index in [9.17, 15) is 20.0 Å². The number of hydrogen-bond donors (Lipinski definition) is 1. The second-order valence-electron chi connectivity index (χ2n) is 5.06. The Morgan fingerprint density at radius 2 is 2.10 bits per heavy atom. The van der Waals surface area contributed by atoms with Gasteiger partial charge in [0.05, 0.1) is 17.1 Å². The second kappa shape index (κ2) is 7.00. The van der Waals surface area contributed by atoms with Crippen LogP contribution in [0.2, 0.25) is 0 Å². The minimum atomic E-state index is -0.521. The third-order valence-electron chi connectivity index (χ3n) is 3.77. The molecule has 1 saturated carbocycles. The van der Waals surface area contributed by atoms with Crippen LogP contribution in [-0.2, 0) is 0 Å². The lowest BCUT2D eigenvalue weighted by Crippen LogP contribution is -2.40. The van der Waals surface area contributed by atoms with Gasteiger partial charge in [0.15, 0.2) is 0 Å². The molecule has 114 valence electrons. The van der Waals surface area contributed by atoms with Gasteiger partial charge in [-0.2, -0.15) is 0 Å². The van der Waals surface area contributed by atoms with E-state index in [4.69, 9.17) is 0 Å². The van der Waals surface area contributed by atoms with Gasteiger partial charge in [-0.3, -0.25) is 14.9 Å². The molecule has 1 aliphatic carbocycles. The van der Waals surface area contributed by atoms with Crippen LogP contribution in [-0.4, -0.2) is 40.0 Å². The van der Waals surface area contributed by atoms with Crippen molar-refractivity contribution in [2.75, 3.05) is 13.2 Å². The third-order valence-corrected chi connectivity index (χ3v) is 4.61. The number of carbonyl (C=O) groups excluding carboxylic acids is 1. The summed E-state index contributed by atoms with van der Waals surface area (Å²) >= 11 is 3.16. The van der Waals surface area contributed by atoms with E-state index >= 15 is 0 Å². The fraction of sp³-hybridized carbons (Fsp3) is 0.500. The quantitative estimate of drug-likeness (QED) is 0.649. The van der Waals surface area contributed by atoms with Gasteiger partial charge in [0.1, 0.15) is 4.47 Å². The summed E-state index contributed by atoms with van der Waals surface area (Å²) in [5.74, 6) is -0.272. The summed E-state index contributed by atoms with van der Waals surface area (Å²) in [5, 5.41) is 20.2.